The van der Waals surface area contributed by atoms with Gasteiger partial charge in [0.1, 0.15) is 17.7 Å². The van der Waals surface area contributed by atoms with Crippen LogP contribution in [0.3, 0.4) is 0 Å². The van der Waals surface area contributed by atoms with E-state index < -0.39 is 24.3 Å². The van der Waals surface area contributed by atoms with Crippen molar-refractivity contribution < 1.29 is 60.4 Å². The van der Waals surface area contributed by atoms with Crippen LogP contribution in [0.15, 0.2) is 36.8 Å². The molecule has 2 aliphatic heterocycles. The van der Waals surface area contributed by atoms with Crippen molar-refractivity contribution in [1.29, 1.82) is 0 Å². The van der Waals surface area contributed by atoms with Gasteiger partial charge < -0.3 is 29.3 Å². The Hall–Kier alpha value is -3.73. The van der Waals surface area contributed by atoms with Gasteiger partial charge >= 0.3 is 24.3 Å². The summed E-state index contributed by atoms with van der Waals surface area (Å²) in [5.74, 6) is -4.07. The molecule has 0 aromatic carbocycles. The second-order valence-electron chi connectivity index (χ2n) is 8.16. The Labute approximate surface area is 217 Å². The summed E-state index contributed by atoms with van der Waals surface area (Å²) in [5, 5.41) is 14.2. The summed E-state index contributed by atoms with van der Waals surface area (Å²) in [5.41, 5.74) is 0.831. The topological polar surface area (TPSA) is 144 Å². The highest BCUT2D eigenvalue weighted by molar-refractivity contribution is 5.73. The van der Waals surface area contributed by atoms with Crippen LogP contribution in [0.2, 0.25) is 0 Å². The molecule has 0 saturated carbocycles. The first-order valence-electron chi connectivity index (χ1n) is 11.0. The van der Waals surface area contributed by atoms with Crippen molar-refractivity contribution in [2.45, 2.75) is 43.5 Å². The summed E-state index contributed by atoms with van der Waals surface area (Å²) in [7, 11) is 1.61. The molecule has 2 saturated heterocycles. The van der Waals surface area contributed by atoms with Gasteiger partial charge in [-0.15, -0.1) is 0 Å². The molecule has 1 spiro atoms. The zero-order valence-corrected chi connectivity index (χ0v) is 20.3. The first kappa shape index (κ1) is 31.5. The van der Waals surface area contributed by atoms with Gasteiger partial charge in [-0.05, 0) is 18.6 Å². The SMILES string of the molecule is COc1cc(N2CC3(CC(OCc4ccccn4)CCO3)C2)ncn1.O=C(O)C(F)(F)F.O=C(O)C(F)(F)F. The molecule has 0 bridgehead atoms. The van der Waals surface area contributed by atoms with Crippen molar-refractivity contribution in [2.75, 3.05) is 31.7 Å². The number of halogens is 6. The van der Waals surface area contributed by atoms with E-state index in [1.165, 1.54) is 6.33 Å². The molecular formula is C22H24F6N4O7. The van der Waals surface area contributed by atoms with Crippen LogP contribution in [0.4, 0.5) is 32.2 Å². The average Bonchev–Trinajstić information content (AvgIpc) is 2.86. The Morgan fingerprint density at radius 1 is 1.08 bits per heavy atom. The van der Waals surface area contributed by atoms with Crippen molar-refractivity contribution in [2.24, 2.45) is 0 Å². The molecule has 0 amide bonds. The van der Waals surface area contributed by atoms with Crippen LogP contribution in [-0.4, -0.2) is 88.0 Å². The maximum absolute atomic E-state index is 10.6. The van der Waals surface area contributed by atoms with E-state index >= 15 is 0 Å². The van der Waals surface area contributed by atoms with Crippen molar-refractivity contribution >= 4 is 17.8 Å². The minimum Gasteiger partial charge on any atom is -0.481 e. The van der Waals surface area contributed by atoms with Crippen LogP contribution in [0, 0.1) is 0 Å². The van der Waals surface area contributed by atoms with Crippen LogP contribution in [0.25, 0.3) is 0 Å². The number of pyridine rings is 1. The predicted molar refractivity (Wildman–Crippen MR) is 119 cm³/mol. The van der Waals surface area contributed by atoms with E-state index in [0.29, 0.717) is 12.5 Å². The fraction of sp³-hybridized carbons (Fsp3) is 0.500. The number of methoxy groups -OCH3 is 1. The number of nitrogens with zero attached hydrogens (tertiary/aromatic N) is 4. The Bertz CT molecular complexity index is 1060. The molecule has 2 aromatic heterocycles. The monoisotopic (exact) mass is 570 g/mol. The molecule has 17 heteroatoms. The standard InChI is InChI=1S/C18H22N4O3.2C2HF3O2/c1-23-17-8-16(20-13-21-17)22-11-18(12-22)9-15(5-7-25-18)24-10-14-4-2-3-6-19-14;2*3-2(4,5)1(6)7/h2-4,6,8,13,15H,5,7,9-12H2,1H3;2*(H,6,7). The van der Waals surface area contributed by atoms with E-state index in [0.717, 1.165) is 44.0 Å². The van der Waals surface area contributed by atoms with Gasteiger partial charge in [-0.25, -0.2) is 19.6 Å². The number of hydrogen-bond donors (Lipinski definition) is 2. The molecule has 0 aliphatic carbocycles. The van der Waals surface area contributed by atoms with E-state index in [1.54, 1.807) is 13.3 Å². The molecule has 1 unspecified atom stereocenters. The molecule has 2 N–H and O–H groups in total. The van der Waals surface area contributed by atoms with Crippen LogP contribution < -0.4 is 9.64 Å². The van der Waals surface area contributed by atoms with E-state index in [1.807, 2.05) is 24.3 Å². The van der Waals surface area contributed by atoms with E-state index in [-0.39, 0.29) is 11.7 Å². The third kappa shape index (κ3) is 10.2. The van der Waals surface area contributed by atoms with Crippen LogP contribution in [-0.2, 0) is 25.7 Å². The third-order valence-corrected chi connectivity index (χ3v) is 5.24. The molecule has 0 radical (unpaired) electrons. The highest BCUT2D eigenvalue weighted by Gasteiger charge is 2.48. The molecule has 4 heterocycles. The zero-order chi connectivity index (χ0) is 29.3. The molecule has 2 fully saturated rings. The fourth-order valence-corrected chi connectivity index (χ4v) is 3.46. The quantitative estimate of drug-likeness (QED) is 0.512. The molecule has 4 rings (SSSR count). The van der Waals surface area contributed by atoms with Crippen LogP contribution >= 0.6 is 0 Å². The summed E-state index contributed by atoms with van der Waals surface area (Å²) in [4.78, 5) is 32.7. The first-order valence-corrected chi connectivity index (χ1v) is 11.0. The summed E-state index contributed by atoms with van der Waals surface area (Å²) in [6, 6.07) is 7.74. The molecule has 1 atom stereocenters. The smallest absolute Gasteiger partial charge is 0.481 e. The number of anilines is 1. The maximum atomic E-state index is 10.6. The normalized spacial score (nSPS) is 18.0. The Morgan fingerprint density at radius 2 is 1.69 bits per heavy atom. The fourth-order valence-electron chi connectivity index (χ4n) is 3.46. The molecule has 11 nitrogen and oxygen atoms in total. The van der Waals surface area contributed by atoms with Gasteiger partial charge in [0.15, 0.2) is 0 Å². The lowest BCUT2D eigenvalue weighted by Gasteiger charge is -2.53. The van der Waals surface area contributed by atoms with Gasteiger partial charge in [-0.1, -0.05) is 6.07 Å². The summed E-state index contributed by atoms with van der Waals surface area (Å²) in [6.07, 6.45) is -4.81. The minimum atomic E-state index is -5.08. The second kappa shape index (κ2) is 13.4. The summed E-state index contributed by atoms with van der Waals surface area (Å²) >= 11 is 0. The summed E-state index contributed by atoms with van der Waals surface area (Å²) in [6.45, 7) is 2.91. The van der Waals surface area contributed by atoms with E-state index in [2.05, 4.69) is 19.9 Å². The largest absolute Gasteiger partial charge is 0.490 e. The maximum Gasteiger partial charge on any atom is 0.490 e. The third-order valence-electron chi connectivity index (χ3n) is 5.24. The highest BCUT2D eigenvalue weighted by atomic mass is 19.4. The number of carboxylic acid groups (broad SMARTS) is 2. The molecule has 2 aromatic rings. The van der Waals surface area contributed by atoms with Crippen molar-refractivity contribution in [3.8, 4) is 5.88 Å². The van der Waals surface area contributed by atoms with Gasteiger partial charge in [-0.2, -0.15) is 26.3 Å². The summed E-state index contributed by atoms with van der Waals surface area (Å²) < 4.78 is 80.8. The van der Waals surface area contributed by atoms with Gasteiger partial charge in [0.05, 0.1) is 38.6 Å². The first-order chi connectivity index (χ1) is 18.1. The molecule has 216 valence electrons. The molecular weight excluding hydrogens is 546 g/mol. The lowest BCUT2D eigenvalue weighted by atomic mass is 9.84. The van der Waals surface area contributed by atoms with E-state index in [4.69, 9.17) is 34.0 Å². The number of aliphatic carboxylic acids is 2. The highest BCUT2D eigenvalue weighted by Crippen LogP contribution is 2.37. The predicted octanol–water partition coefficient (Wildman–Crippen LogP) is 3.10. The number of carbonyl (C=O) groups is 2. The molecule has 39 heavy (non-hydrogen) atoms. The second-order valence-corrected chi connectivity index (χ2v) is 8.16. The van der Waals surface area contributed by atoms with Crippen molar-refractivity contribution in [1.82, 2.24) is 15.0 Å². The Morgan fingerprint density at radius 3 is 2.21 bits per heavy atom. The van der Waals surface area contributed by atoms with Crippen LogP contribution in [0.1, 0.15) is 18.5 Å². The number of aromatic nitrogens is 3. The van der Waals surface area contributed by atoms with Gasteiger partial charge in [0.25, 0.3) is 0 Å². The number of carboxylic acids is 2. The van der Waals surface area contributed by atoms with E-state index in [9.17, 15) is 26.3 Å². The number of rotatable bonds is 5. The lowest BCUT2D eigenvalue weighted by molar-refractivity contribution is -0.193. The van der Waals surface area contributed by atoms with Gasteiger partial charge in [0.2, 0.25) is 5.88 Å². The van der Waals surface area contributed by atoms with Crippen LogP contribution in [0.5, 0.6) is 5.88 Å². The number of hydrogen-bond acceptors (Lipinski definition) is 9. The zero-order valence-electron chi connectivity index (χ0n) is 20.3. The number of ether oxygens (including phenoxy) is 3. The Balaban J connectivity index is 0.000000317. The van der Waals surface area contributed by atoms with Gasteiger partial charge in [0, 0.05) is 25.3 Å². The Kier molecular flexibility index (Phi) is 10.8. The molecule has 2 aliphatic rings. The van der Waals surface area contributed by atoms with Gasteiger partial charge in [-0.3, -0.25) is 4.98 Å². The van der Waals surface area contributed by atoms with Crippen molar-refractivity contribution in [3.63, 3.8) is 0 Å². The lowest BCUT2D eigenvalue weighted by Crippen LogP contribution is -2.66. The number of alkyl halides is 6. The van der Waals surface area contributed by atoms with Crippen molar-refractivity contribution in [3.05, 3.63) is 42.5 Å². The average molecular weight is 570 g/mol. The minimum absolute atomic E-state index is 0.134.